The Morgan fingerprint density at radius 3 is 2.48 bits per heavy atom. The highest BCUT2D eigenvalue weighted by Crippen LogP contribution is 2.24. The van der Waals surface area contributed by atoms with E-state index in [1.807, 2.05) is 6.08 Å². The van der Waals surface area contributed by atoms with Gasteiger partial charge in [0.2, 0.25) is 0 Å². The largest absolute Gasteiger partial charge is 0.462 e. The van der Waals surface area contributed by atoms with Crippen molar-refractivity contribution in [3.8, 4) is 0 Å². The normalized spacial score (nSPS) is 17.4. The molecule has 1 rings (SSSR count). The van der Waals surface area contributed by atoms with Gasteiger partial charge in [-0.1, -0.05) is 57.9 Å². The molecule has 0 spiro atoms. The van der Waals surface area contributed by atoms with Gasteiger partial charge in [-0.15, -0.1) is 6.58 Å². The van der Waals surface area contributed by atoms with Gasteiger partial charge in [-0.3, -0.25) is 4.79 Å². The third-order valence-electron chi connectivity index (χ3n) is 4.53. The Kier molecular flexibility index (Phi) is 10.3. The van der Waals surface area contributed by atoms with Crippen molar-refractivity contribution in [2.45, 2.75) is 96.5 Å². The Labute approximate surface area is 131 Å². The summed E-state index contributed by atoms with van der Waals surface area (Å²) in [4.78, 5) is 12.3. The molecule has 21 heavy (non-hydrogen) atoms. The van der Waals surface area contributed by atoms with Gasteiger partial charge in [0.25, 0.3) is 0 Å². The molecule has 0 aromatic heterocycles. The number of rotatable bonds is 11. The summed E-state index contributed by atoms with van der Waals surface area (Å²) in [6.07, 6.45) is 17.2. The van der Waals surface area contributed by atoms with E-state index in [-0.39, 0.29) is 18.0 Å². The number of ether oxygens (including phenoxy) is 1. The molecule has 2 heteroatoms. The molecule has 0 radical (unpaired) electrons. The number of hydrogen-bond donors (Lipinski definition) is 0. The van der Waals surface area contributed by atoms with Crippen molar-refractivity contribution in [1.82, 2.24) is 0 Å². The zero-order chi connectivity index (χ0) is 15.3. The molecule has 1 unspecified atom stereocenters. The van der Waals surface area contributed by atoms with Crippen LogP contribution in [0.25, 0.3) is 0 Å². The molecular weight excluding hydrogens is 260 g/mol. The fourth-order valence-corrected chi connectivity index (χ4v) is 3.15. The molecule has 1 saturated carbocycles. The lowest BCUT2D eigenvalue weighted by atomic mass is 9.95. The lowest BCUT2D eigenvalue weighted by Gasteiger charge is -2.24. The molecule has 2 nitrogen and oxygen atoms in total. The Hall–Kier alpha value is -0.790. The van der Waals surface area contributed by atoms with Crippen LogP contribution < -0.4 is 0 Å². The molecule has 0 bridgehead atoms. The fourth-order valence-electron chi connectivity index (χ4n) is 3.15. The second-order valence-electron chi connectivity index (χ2n) is 6.47. The van der Waals surface area contributed by atoms with Gasteiger partial charge in [0.15, 0.2) is 0 Å². The summed E-state index contributed by atoms with van der Waals surface area (Å²) in [5.41, 5.74) is 0. The number of esters is 1. The summed E-state index contributed by atoms with van der Waals surface area (Å²) in [6.45, 7) is 6.03. The first-order chi connectivity index (χ1) is 10.3. The summed E-state index contributed by atoms with van der Waals surface area (Å²) >= 11 is 0. The van der Waals surface area contributed by atoms with Crippen LogP contribution in [0.5, 0.6) is 0 Å². The molecule has 0 saturated heterocycles. The predicted molar refractivity (Wildman–Crippen MR) is 89.3 cm³/mol. The SMILES string of the molecule is C=CCC(CCCCCCCC)C(=O)OC1CCCCC1. The monoisotopic (exact) mass is 294 g/mol. The Balaban J connectivity index is 2.23. The van der Waals surface area contributed by atoms with Gasteiger partial charge in [-0.05, 0) is 38.5 Å². The van der Waals surface area contributed by atoms with Gasteiger partial charge in [0.1, 0.15) is 6.10 Å². The molecule has 0 aromatic rings. The Bertz CT molecular complexity index is 279. The quantitative estimate of drug-likeness (QED) is 0.273. The highest BCUT2D eigenvalue weighted by molar-refractivity contribution is 5.72. The van der Waals surface area contributed by atoms with E-state index in [2.05, 4.69) is 13.5 Å². The van der Waals surface area contributed by atoms with Crippen LogP contribution in [0.1, 0.15) is 90.4 Å². The van der Waals surface area contributed by atoms with Crippen molar-refractivity contribution in [3.63, 3.8) is 0 Å². The lowest BCUT2D eigenvalue weighted by Crippen LogP contribution is -2.26. The molecule has 0 amide bonds. The van der Waals surface area contributed by atoms with Crippen LogP contribution in [0.15, 0.2) is 12.7 Å². The predicted octanol–water partition coefficient (Wildman–Crippen LogP) is 5.81. The molecule has 1 atom stereocenters. The van der Waals surface area contributed by atoms with Crippen molar-refractivity contribution < 1.29 is 9.53 Å². The average molecular weight is 294 g/mol. The fraction of sp³-hybridized carbons (Fsp3) is 0.842. The molecule has 1 aliphatic rings. The van der Waals surface area contributed by atoms with Gasteiger partial charge in [0.05, 0.1) is 5.92 Å². The van der Waals surface area contributed by atoms with Crippen LogP contribution in [0, 0.1) is 5.92 Å². The van der Waals surface area contributed by atoms with Gasteiger partial charge >= 0.3 is 5.97 Å². The lowest BCUT2D eigenvalue weighted by molar-refractivity contribution is -0.155. The van der Waals surface area contributed by atoms with E-state index in [9.17, 15) is 4.79 Å². The average Bonchev–Trinajstić information content (AvgIpc) is 2.50. The first-order valence-electron chi connectivity index (χ1n) is 9.09. The second kappa shape index (κ2) is 11.8. The van der Waals surface area contributed by atoms with Crippen LogP contribution in [0.2, 0.25) is 0 Å². The Morgan fingerprint density at radius 2 is 1.81 bits per heavy atom. The van der Waals surface area contributed by atoms with Crippen molar-refractivity contribution in [2.24, 2.45) is 5.92 Å². The third-order valence-corrected chi connectivity index (χ3v) is 4.53. The van der Waals surface area contributed by atoms with Crippen LogP contribution in [0.3, 0.4) is 0 Å². The van der Waals surface area contributed by atoms with E-state index in [0.717, 1.165) is 32.1 Å². The van der Waals surface area contributed by atoms with Gasteiger partial charge in [-0.2, -0.15) is 0 Å². The van der Waals surface area contributed by atoms with E-state index in [1.54, 1.807) is 0 Å². The highest BCUT2D eigenvalue weighted by Gasteiger charge is 2.23. The van der Waals surface area contributed by atoms with Crippen LogP contribution in [-0.2, 0) is 9.53 Å². The van der Waals surface area contributed by atoms with Gasteiger partial charge < -0.3 is 4.74 Å². The number of carbonyl (C=O) groups is 1. The van der Waals surface area contributed by atoms with Crippen LogP contribution >= 0.6 is 0 Å². The van der Waals surface area contributed by atoms with Gasteiger partial charge in [-0.25, -0.2) is 0 Å². The third kappa shape index (κ3) is 8.28. The molecule has 1 aliphatic carbocycles. The van der Waals surface area contributed by atoms with Crippen LogP contribution in [-0.4, -0.2) is 12.1 Å². The number of hydrogen-bond acceptors (Lipinski definition) is 2. The molecular formula is C19H34O2. The summed E-state index contributed by atoms with van der Waals surface area (Å²) < 4.78 is 5.71. The van der Waals surface area contributed by atoms with Crippen LogP contribution in [0.4, 0.5) is 0 Å². The van der Waals surface area contributed by atoms with E-state index in [1.165, 1.54) is 51.4 Å². The highest BCUT2D eigenvalue weighted by atomic mass is 16.5. The summed E-state index contributed by atoms with van der Waals surface area (Å²) in [6, 6.07) is 0. The van der Waals surface area contributed by atoms with Gasteiger partial charge in [0, 0.05) is 0 Å². The molecule has 122 valence electrons. The zero-order valence-corrected chi connectivity index (χ0v) is 13.9. The topological polar surface area (TPSA) is 26.3 Å². The van der Waals surface area contributed by atoms with E-state index < -0.39 is 0 Å². The Morgan fingerprint density at radius 1 is 1.14 bits per heavy atom. The second-order valence-corrected chi connectivity index (χ2v) is 6.47. The van der Waals surface area contributed by atoms with E-state index in [4.69, 9.17) is 4.74 Å². The summed E-state index contributed by atoms with van der Waals surface area (Å²) in [7, 11) is 0. The maximum atomic E-state index is 12.3. The van der Waals surface area contributed by atoms with E-state index in [0.29, 0.717) is 0 Å². The standard InChI is InChI=1S/C19H34O2/c1-3-5-6-7-8-10-14-17(13-4-2)19(20)21-18-15-11-9-12-16-18/h4,17-18H,2-3,5-16H2,1H3. The summed E-state index contributed by atoms with van der Waals surface area (Å²) in [5, 5.41) is 0. The number of carbonyl (C=O) groups excluding carboxylic acids is 1. The number of allylic oxidation sites excluding steroid dienone is 1. The minimum absolute atomic E-state index is 0.0235. The minimum atomic E-state index is 0.0235. The van der Waals surface area contributed by atoms with Crippen molar-refractivity contribution in [3.05, 3.63) is 12.7 Å². The maximum Gasteiger partial charge on any atom is 0.309 e. The maximum absolute atomic E-state index is 12.3. The van der Waals surface area contributed by atoms with Crippen molar-refractivity contribution >= 4 is 5.97 Å². The minimum Gasteiger partial charge on any atom is -0.462 e. The molecule has 0 aliphatic heterocycles. The molecule has 1 fully saturated rings. The van der Waals surface area contributed by atoms with E-state index >= 15 is 0 Å². The van der Waals surface area contributed by atoms with Crippen molar-refractivity contribution in [2.75, 3.05) is 0 Å². The zero-order valence-electron chi connectivity index (χ0n) is 13.9. The van der Waals surface area contributed by atoms with Crippen molar-refractivity contribution in [1.29, 1.82) is 0 Å². The molecule has 0 N–H and O–H groups in total. The molecule has 0 heterocycles. The smallest absolute Gasteiger partial charge is 0.309 e. The summed E-state index contributed by atoms with van der Waals surface area (Å²) in [5.74, 6) is 0.0611. The first-order valence-corrected chi connectivity index (χ1v) is 9.09. The number of unbranched alkanes of at least 4 members (excludes halogenated alkanes) is 5. The molecule has 0 aromatic carbocycles. The first kappa shape index (κ1) is 18.3.